The van der Waals surface area contributed by atoms with Gasteiger partial charge in [0.25, 0.3) is 0 Å². The molecular weight excluding hydrogens is 350 g/mol. The van der Waals surface area contributed by atoms with Gasteiger partial charge in [-0.2, -0.15) is 0 Å². The number of aryl methyl sites for hydroxylation is 1. The van der Waals surface area contributed by atoms with Crippen molar-refractivity contribution in [1.29, 1.82) is 0 Å². The minimum Gasteiger partial charge on any atom is -0.456 e. The molecule has 2 aromatic carbocycles. The summed E-state index contributed by atoms with van der Waals surface area (Å²) in [5.41, 5.74) is 8.26. The van der Waals surface area contributed by atoms with Crippen LogP contribution >= 0.6 is 27.5 Å². The van der Waals surface area contributed by atoms with Gasteiger partial charge in [-0.15, -0.1) is 0 Å². The molecule has 0 fully saturated rings. The molecule has 0 aromatic heterocycles. The average Bonchev–Trinajstić information content (AvgIpc) is 2.44. The van der Waals surface area contributed by atoms with Crippen molar-refractivity contribution in [2.24, 2.45) is 5.73 Å². The number of benzene rings is 2. The van der Waals surface area contributed by atoms with Crippen LogP contribution in [0.3, 0.4) is 0 Å². The van der Waals surface area contributed by atoms with E-state index < -0.39 is 0 Å². The van der Waals surface area contributed by atoms with E-state index in [4.69, 9.17) is 22.1 Å². The van der Waals surface area contributed by atoms with E-state index in [1.165, 1.54) is 0 Å². The van der Waals surface area contributed by atoms with Crippen LogP contribution in [0.15, 0.2) is 40.9 Å². The predicted octanol–water partition coefficient (Wildman–Crippen LogP) is 5.48. The topological polar surface area (TPSA) is 35.2 Å². The van der Waals surface area contributed by atoms with Gasteiger partial charge >= 0.3 is 0 Å². The van der Waals surface area contributed by atoms with Crippen LogP contribution in [-0.2, 0) is 6.42 Å². The molecule has 0 aliphatic rings. The summed E-state index contributed by atoms with van der Waals surface area (Å²) < 4.78 is 7.00. The van der Waals surface area contributed by atoms with Crippen molar-refractivity contribution >= 4 is 27.5 Å². The first-order valence-corrected chi connectivity index (χ1v) is 8.14. The van der Waals surface area contributed by atoms with Crippen molar-refractivity contribution in [1.82, 2.24) is 0 Å². The molecule has 0 aliphatic carbocycles. The van der Waals surface area contributed by atoms with E-state index in [-0.39, 0.29) is 6.04 Å². The molecule has 2 N–H and O–H groups in total. The van der Waals surface area contributed by atoms with Crippen molar-refractivity contribution in [3.05, 3.63) is 57.0 Å². The lowest BCUT2D eigenvalue weighted by Gasteiger charge is -2.15. The van der Waals surface area contributed by atoms with Crippen LogP contribution in [0.25, 0.3) is 0 Å². The first-order valence-electron chi connectivity index (χ1n) is 6.97. The molecule has 4 heteroatoms. The van der Waals surface area contributed by atoms with Gasteiger partial charge in [-0.1, -0.05) is 40.5 Å². The van der Waals surface area contributed by atoms with Crippen LogP contribution in [0.1, 0.15) is 24.5 Å². The normalized spacial score (nSPS) is 12.2. The Morgan fingerprint density at radius 2 is 1.90 bits per heavy atom. The highest BCUT2D eigenvalue weighted by Gasteiger charge is 2.11. The largest absolute Gasteiger partial charge is 0.456 e. The van der Waals surface area contributed by atoms with Crippen LogP contribution in [-0.4, -0.2) is 6.04 Å². The molecule has 0 bridgehead atoms. The first kappa shape index (κ1) is 16.3. The monoisotopic (exact) mass is 367 g/mol. The molecule has 0 spiro atoms. The third kappa shape index (κ3) is 4.47. The van der Waals surface area contributed by atoms with Crippen molar-refractivity contribution in [3.8, 4) is 11.5 Å². The Morgan fingerprint density at radius 3 is 2.57 bits per heavy atom. The fourth-order valence-corrected chi connectivity index (χ4v) is 2.72. The number of hydrogen-bond donors (Lipinski definition) is 1. The Morgan fingerprint density at radius 1 is 1.19 bits per heavy atom. The highest BCUT2D eigenvalue weighted by Crippen LogP contribution is 2.33. The standard InChI is InChI=1S/C17H19BrClNO/c1-3-14(20)10-12-9-13(18)5-7-16(12)21-17-6-4-11(2)8-15(17)19/h4-9,14H,3,10,20H2,1-2H3. The fourth-order valence-electron chi connectivity index (χ4n) is 2.04. The van der Waals surface area contributed by atoms with Gasteiger partial charge in [0.1, 0.15) is 11.5 Å². The lowest BCUT2D eigenvalue weighted by atomic mass is 10.0. The van der Waals surface area contributed by atoms with Gasteiger partial charge in [0.15, 0.2) is 0 Å². The number of rotatable bonds is 5. The summed E-state index contributed by atoms with van der Waals surface area (Å²) in [6.45, 7) is 4.08. The van der Waals surface area contributed by atoms with E-state index in [9.17, 15) is 0 Å². The molecule has 0 amide bonds. The molecule has 112 valence electrons. The van der Waals surface area contributed by atoms with Crippen LogP contribution in [0.4, 0.5) is 0 Å². The number of hydrogen-bond acceptors (Lipinski definition) is 2. The summed E-state index contributed by atoms with van der Waals surface area (Å²) in [6.07, 6.45) is 1.70. The van der Waals surface area contributed by atoms with Crippen LogP contribution in [0, 0.1) is 6.92 Å². The Kier molecular flexibility index (Phi) is 5.68. The van der Waals surface area contributed by atoms with Crippen LogP contribution in [0.2, 0.25) is 5.02 Å². The predicted molar refractivity (Wildman–Crippen MR) is 92.4 cm³/mol. The van der Waals surface area contributed by atoms with E-state index in [1.807, 2.05) is 43.3 Å². The zero-order valence-electron chi connectivity index (χ0n) is 12.2. The summed E-state index contributed by atoms with van der Waals surface area (Å²) in [7, 11) is 0. The summed E-state index contributed by atoms with van der Waals surface area (Å²) in [4.78, 5) is 0. The van der Waals surface area contributed by atoms with E-state index in [0.717, 1.165) is 34.2 Å². The summed E-state index contributed by atoms with van der Waals surface area (Å²) >= 11 is 9.73. The molecule has 0 radical (unpaired) electrons. The first-order chi connectivity index (χ1) is 9.99. The van der Waals surface area contributed by atoms with Crippen molar-refractivity contribution in [2.45, 2.75) is 32.7 Å². The summed E-state index contributed by atoms with van der Waals surface area (Å²) in [6, 6.07) is 11.8. The summed E-state index contributed by atoms with van der Waals surface area (Å²) in [5, 5.41) is 0.614. The van der Waals surface area contributed by atoms with Crippen molar-refractivity contribution < 1.29 is 4.74 Å². The Balaban J connectivity index is 2.30. The molecule has 21 heavy (non-hydrogen) atoms. The van der Waals surface area contributed by atoms with Crippen molar-refractivity contribution in [2.75, 3.05) is 0 Å². The molecule has 1 atom stereocenters. The quantitative estimate of drug-likeness (QED) is 0.758. The van der Waals surface area contributed by atoms with Crippen LogP contribution in [0.5, 0.6) is 11.5 Å². The lowest BCUT2D eigenvalue weighted by molar-refractivity contribution is 0.472. The average molecular weight is 369 g/mol. The third-order valence-electron chi connectivity index (χ3n) is 3.34. The smallest absolute Gasteiger partial charge is 0.146 e. The maximum Gasteiger partial charge on any atom is 0.146 e. The maximum atomic E-state index is 6.24. The third-order valence-corrected chi connectivity index (χ3v) is 4.12. The molecule has 2 nitrogen and oxygen atoms in total. The molecule has 1 unspecified atom stereocenters. The second-order valence-electron chi connectivity index (χ2n) is 5.16. The molecule has 0 aliphatic heterocycles. The number of halogens is 2. The van der Waals surface area contributed by atoms with Gasteiger partial charge in [0.2, 0.25) is 0 Å². The van der Waals surface area contributed by atoms with Crippen LogP contribution < -0.4 is 10.5 Å². The SMILES string of the molecule is CCC(N)Cc1cc(Br)ccc1Oc1ccc(C)cc1Cl. The lowest BCUT2D eigenvalue weighted by Crippen LogP contribution is -2.21. The zero-order valence-corrected chi connectivity index (χ0v) is 14.5. The van der Waals surface area contributed by atoms with Crippen molar-refractivity contribution in [3.63, 3.8) is 0 Å². The molecular formula is C17H19BrClNO. The van der Waals surface area contributed by atoms with Gasteiger partial charge in [0, 0.05) is 10.5 Å². The minimum absolute atomic E-state index is 0.120. The van der Waals surface area contributed by atoms with Gasteiger partial charge < -0.3 is 10.5 Å². The fraction of sp³-hybridized carbons (Fsp3) is 0.294. The van der Waals surface area contributed by atoms with E-state index >= 15 is 0 Å². The molecule has 0 saturated heterocycles. The second kappa shape index (κ2) is 7.30. The zero-order chi connectivity index (χ0) is 15.4. The Hall–Kier alpha value is -1.03. The van der Waals surface area contributed by atoms with Gasteiger partial charge in [-0.3, -0.25) is 0 Å². The Bertz CT molecular complexity index is 630. The van der Waals surface area contributed by atoms with E-state index in [2.05, 4.69) is 22.9 Å². The van der Waals surface area contributed by atoms with E-state index in [0.29, 0.717) is 10.8 Å². The summed E-state index contributed by atoms with van der Waals surface area (Å²) in [5.74, 6) is 1.46. The highest BCUT2D eigenvalue weighted by atomic mass is 79.9. The van der Waals surface area contributed by atoms with Gasteiger partial charge in [-0.25, -0.2) is 0 Å². The molecule has 0 heterocycles. The molecule has 2 rings (SSSR count). The molecule has 0 saturated carbocycles. The maximum absolute atomic E-state index is 6.24. The molecule has 2 aromatic rings. The Labute approximate surface area is 139 Å². The van der Waals surface area contributed by atoms with E-state index in [1.54, 1.807) is 0 Å². The number of ether oxygens (including phenoxy) is 1. The van der Waals surface area contributed by atoms with Gasteiger partial charge in [-0.05, 0) is 61.2 Å². The van der Waals surface area contributed by atoms with Gasteiger partial charge in [0.05, 0.1) is 5.02 Å². The number of nitrogens with two attached hydrogens (primary N) is 1. The highest BCUT2D eigenvalue weighted by molar-refractivity contribution is 9.10. The minimum atomic E-state index is 0.120. The second-order valence-corrected chi connectivity index (χ2v) is 6.48.